The van der Waals surface area contributed by atoms with E-state index < -0.39 is 6.10 Å². The van der Waals surface area contributed by atoms with Crippen LogP contribution in [0.5, 0.6) is 0 Å². The number of aromatic nitrogens is 4. The molecular formula is C19H27N5O. The summed E-state index contributed by atoms with van der Waals surface area (Å²) >= 11 is 0. The number of hydrogen-bond donors (Lipinski definition) is 1. The molecule has 6 nitrogen and oxygen atoms in total. The summed E-state index contributed by atoms with van der Waals surface area (Å²) in [5.41, 5.74) is 5.72. The van der Waals surface area contributed by atoms with E-state index in [9.17, 15) is 5.11 Å². The van der Waals surface area contributed by atoms with Gasteiger partial charge in [-0.05, 0) is 43.7 Å². The average molecular weight is 341 g/mol. The molecule has 0 amide bonds. The smallest absolute Gasteiger partial charge is 0.0959 e. The lowest BCUT2D eigenvalue weighted by Gasteiger charge is -2.23. The molecule has 0 spiro atoms. The minimum absolute atomic E-state index is 0.448. The van der Waals surface area contributed by atoms with Crippen molar-refractivity contribution in [3.05, 3.63) is 47.5 Å². The van der Waals surface area contributed by atoms with E-state index in [1.165, 1.54) is 11.1 Å². The van der Waals surface area contributed by atoms with Gasteiger partial charge < -0.3 is 9.67 Å². The molecule has 0 bridgehead atoms. The summed E-state index contributed by atoms with van der Waals surface area (Å²) in [6.07, 6.45) is 5.27. The molecule has 6 heteroatoms. The number of nitrogens with zero attached hydrogens (tertiary/aromatic N) is 5. The first-order chi connectivity index (χ1) is 12.0. The first-order valence-electron chi connectivity index (χ1n) is 8.76. The number of aliphatic hydroxyl groups excluding tert-OH is 1. The van der Waals surface area contributed by atoms with Crippen molar-refractivity contribution < 1.29 is 5.11 Å². The zero-order chi connectivity index (χ0) is 18.0. The van der Waals surface area contributed by atoms with Crippen molar-refractivity contribution in [3.63, 3.8) is 0 Å². The van der Waals surface area contributed by atoms with Crippen LogP contribution in [0.3, 0.4) is 0 Å². The van der Waals surface area contributed by atoms with E-state index in [0.29, 0.717) is 13.1 Å². The fraction of sp³-hybridized carbons (Fsp3) is 0.474. The van der Waals surface area contributed by atoms with E-state index in [2.05, 4.69) is 47.9 Å². The number of likely N-dealkylation sites (N-methyl/N-ethyl adjacent to an activating group) is 1. The third kappa shape index (κ3) is 4.08. The van der Waals surface area contributed by atoms with Crippen LogP contribution in [0, 0.1) is 13.8 Å². The van der Waals surface area contributed by atoms with E-state index in [-0.39, 0.29) is 0 Å². The van der Waals surface area contributed by atoms with Gasteiger partial charge in [-0.15, -0.1) is 0 Å². The van der Waals surface area contributed by atoms with E-state index >= 15 is 0 Å². The van der Waals surface area contributed by atoms with Crippen LogP contribution < -0.4 is 0 Å². The highest BCUT2D eigenvalue weighted by atomic mass is 16.3. The quantitative estimate of drug-likeness (QED) is 0.716. The van der Waals surface area contributed by atoms with Crippen molar-refractivity contribution in [3.8, 4) is 0 Å². The number of aliphatic hydroxyl groups is 1. The highest BCUT2D eigenvalue weighted by molar-refractivity contribution is 5.77. The fourth-order valence-electron chi connectivity index (χ4n) is 3.16. The Morgan fingerprint density at radius 1 is 1.24 bits per heavy atom. The molecule has 0 aliphatic rings. The van der Waals surface area contributed by atoms with Crippen LogP contribution in [0.1, 0.15) is 23.6 Å². The van der Waals surface area contributed by atoms with Crippen molar-refractivity contribution in [1.29, 1.82) is 0 Å². The van der Waals surface area contributed by atoms with E-state index in [0.717, 1.165) is 29.7 Å². The minimum atomic E-state index is -0.448. The van der Waals surface area contributed by atoms with Gasteiger partial charge in [0, 0.05) is 31.9 Å². The average Bonchev–Trinajstić information content (AvgIpc) is 3.14. The molecule has 0 saturated carbocycles. The zero-order valence-electron chi connectivity index (χ0n) is 15.5. The maximum Gasteiger partial charge on any atom is 0.0959 e. The van der Waals surface area contributed by atoms with Crippen molar-refractivity contribution >= 4 is 11.0 Å². The van der Waals surface area contributed by atoms with E-state index in [1.54, 1.807) is 0 Å². The zero-order valence-corrected chi connectivity index (χ0v) is 15.5. The van der Waals surface area contributed by atoms with Gasteiger partial charge in [-0.25, -0.2) is 4.98 Å². The SMILES string of the molecule is CCN(Cc1cnn(C)c1)CC(O)Cn1cnc2cc(C)c(C)cc21. The first-order valence-corrected chi connectivity index (χ1v) is 8.76. The predicted molar refractivity (Wildman–Crippen MR) is 99.4 cm³/mol. The minimum Gasteiger partial charge on any atom is -0.390 e. The van der Waals surface area contributed by atoms with Crippen molar-refractivity contribution in [2.45, 2.75) is 40.0 Å². The first kappa shape index (κ1) is 17.6. The Hall–Kier alpha value is -2.18. The monoisotopic (exact) mass is 341 g/mol. The van der Waals surface area contributed by atoms with Crippen LogP contribution in [-0.2, 0) is 20.1 Å². The molecule has 0 fully saturated rings. The summed E-state index contributed by atoms with van der Waals surface area (Å²) in [5.74, 6) is 0. The Morgan fingerprint density at radius 2 is 2.00 bits per heavy atom. The number of benzene rings is 1. The lowest BCUT2D eigenvalue weighted by atomic mass is 10.1. The lowest BCUT2D eigenvalue weighted by Crippen LogP contribution is -2.34. The molecule has 2 heterocycles. The Bertz CT molecular complexity index is 851. The second-order valence-corrected chi connectivity index (χ2v) is 6.83. The molecule has 0 saturated heterocycles. The highest BCUT2D eigenvalue weighted by Gasteiger charge is 2.14. The van der Waals surface area contributed by atoms with Gasteiger partial charge in [-0.2, -0.15) is 5.10 Å². The molecule has 1 aromatic carbocycles. The standard InChI is InChI=1S/C19H27N5O/c1-5-23(10-16-8-21-22(4)9-16)11-17(25)12-24-13-20-18-6-14(2)15(3)7-19(18)24/h6-9,13,17,25H,5,10-12H2,1-4H3. The molecule has 3 rings (SSSR count). The van der Waals surface area contributed by atoms with Crippen LogP contribution in [0.25, 0.3) is 11.0 Å². The van der Waals surface area contributed by atoms with Gasteiger partial charge in [0.25, 0.3) is 0 Å². The highest BCUT2D eigenvalue weighted by Crippen LogP contribution is 2.19. The molecule has 0 aliphatic carbocycles. The van der Waals surface area contributed by atoms with Gasteiger partial charge in [0.15, 0.2) is 0 Å². The summed E-state index contributed by atoms with van der Waals surface area (Å²) in [5, 5.41) is 14.8. The summed E-state index contributed by atoms with van der Waals surface area (Å²) < 4.78 is 3.85. The Morgan fingerprint density at radius 3 is 2.68 bits per heavy atom. The number of aryl methyl sites for hydroxylation is 3. The van der Waals surface area contributed by atoms with Crippen LogP contribution in [-0.4, -0.2) is 48.5 Å². The topological polar surface area (TPSA) is 59.1 Å². The Labute approximate surface area is 148 Å². The molecule has 0 aliphatic heterocycles. The molecule has 134 valence electrons. The number of hydrogen-bond acceptors (Lipinski definition) is 4. The van der Waals surface area contributed by atoms with Crippen LogP contribution >= 0.6 is 0 Å². The molecule has 1 unspecified atom stereocenters. The number of imidazole rings is 1. The van der Waals surface area contributed by atoms with Gasteiger partial charge in [-0.1, -0.05) is 6.92 Å². The van der Waals surface area contributed by atoms with Crippen molar-refractivity contribution in [2.75, 3.05) is 13.1 Å². The van der Waals surface area contributed by atoms with Gasteiger partial charge in [0.1, 0.15) is 0 Å². The Kier molecular flexibility index (Phi) is 5.20. The number of fused-ring (bicyclic) bond motifs is 1. The molecule has 1 atom stereocenters. The fourth-order valence-corrected chi connectivity index (χ4v) is 3.16. The van der Waals surface area contributed by atoms with Crippen molar-refractivity contribution in [1.82, 2.24) is 24.2 Å². The van der Waals surface area contributed by atoms with Crippen LogP contribution in [0.15, 0.2) is 30.9 Å². The van der Waals surface area contributed by atoms with E-state index in [4.69, 9.17) is 0 Å². The van der Waals surface area contributed by atoms with Crippen molar-refractivity contribution in [2.24, 2.45) is 7.05 Å². The van der Waals surface area contributed by atoms with Gasteiger partial charge in [-0.3, -0.25) is 9.58 Å². The number of rotatable bonds is 7. The predicted octanol–water partition coefficient (Wildman–Crippen LogP) is 2.27. The van der Waals surface area contributed by atoms with E-state index in [1.807, 2.05) is 35.0 Å². The second-order valence-electron chi connectivity index (χ2n) is 6.83. The van der Waals surface area contributed by atoms with Crippen LogP contribution in [0.2, 0.25) is 0 Å². The molecule has 0 radical (unpaired) electrons. The maximum absolute atomic E-state index is 10.6. The summed E-state index contributed by atoms with van der Waals surface area (Å²) in [6.45, 7) is 9.16. The molecule has 1 N–H and O–H groups in total. The molecular weight excluding hydrogens is 314 g/mol. The summed E-state index contributed by atoms with van der Waals surface area (Å²) in [6, 6.07) is 4.26. The molecule has 3 aromatic rings. The largest absolute Gasteiger partial charge is 0.390 e. The Balaban J connectivity index is 1.67. The summed E-state index contributed by atoms with van der Waals surface area (Å²) in [7, 11) is 1.92. The molecule has 2 aromatic heterocycles. The third-order valence-corrected chi connectivity index (χ3v) is 4.72. The maximum atomic E-state index is 10.6. The molecule has 25 heavy (non-hydrogen) atoms. The van der Waals surface area contributed by atoms with Gasteiger partial charge in [0.2, 0.25) is 0 Å². The van der Waals surface area contributed by atoms with Gasteiger partial charge >= 0.3 is 0 Å². The lowest BCUT2D eigenvalue weighted by molar-refractivity contribution is 0.0980. The normalized spacial score (nSPS) is 13.0. The third-order valence-electron chi connectivity index (χ3n) is 4.72. The second kappa shape index (κ2) is 7.37. The van der Waals surface area contributed by atoms with Gasteiger partial charge in [0.05, 0.1) is 36.2 Å². The van der Waals surface area contributed by atoms with Crippen LogP contribution in [0.4, 0.5) is 0 Å². The summed E-state index contributed by atoms with van der Waals surface area (Å²) in [4.78, 5) is 6.70.